The predicted molar refractivity (Wildman–Crippen MR) is 389 cm³/mol. The third-order valence-electron chi connectivity index (χ3n) is 15.5. The second-order valence-corrected chi connectivity index (χ2v) is 28.1. The van der Waals surface area contributed by atoms with Crippen LogP contribution in [0.25, 0.3) is 0 Å². The van der Waals surface area contributed by atoms with Crippen molar-refractivity contribution in [2.24, 2.45) is 22.7 Å². The van der Waals surface area contributed by atoms with Crippen LogP contribution >= 0.6 is 0 Å². The van der Waals surface area contributed by atoms with Crippen LogP contribution in [-0.4, -0.2) is 138 Å². The molecule has 0 aromatic heterocycles. The Labute approximate surface area is 603 Å². The van der Waals surface area contributed by atoms with E-state index in [-0.39, 0.29) is 116 Å². The summed E-state index contributed by atoms with van der Waals surface area (Å²) < 4.78 is 66.3. The molecule has 0 heterocycles. The van der Waals surface area contributed by atoms with Crippen LogP contribution in [0.2, 0.25) is 0 Å². The summed E-state index contributed by atoms with van der Waals surface area (Å²) in [6.07, 6.45) is -0.178. The fourth-order valence-corrected chi connectivity index (χ4v) is 9.88. The first-order valence-corrected chi connectivity index (χ1v) is 34.4. The maximum atomic E-state index is 13.0. The zero-order valence-electron chi connectivity index (χ0n) is 62.2. The van der Waals surface area contributed by atoms with Gasteiger partial charge in [-0.3, -0.25) is 9.59 Å². The largest absolute Gasteiger partial charge is 0.490 e. The Morgan fingerprint density at radius 2 is 0.637 bits per heavy atom. The van der Waals surface area contributed by atoms with E-state index in [2.05, 4.69) is 99.3 Å². The van der Waals surface area contributed by atoms with Gasteiger partial charge in [-0.25, -0.2) is 28.8 Å². The highest BCUT2D eigenvalue weighted by molar-refractivity contribution is 5.88. The average Bonchev–Trinajstić information content (AvgIpc) is 0.861. The van der Waals surface area contributed by atoms with Crippen LogP contribution in [0.5, 0.6) is 23.0 Å². The molecule has 102 heavy (non-hydrogen) atoms. The fraction of sp³-hybridized carbons (Fsp3) is 0.500. The Kier molecular flexibility index (Phi) is 38.5. The van der Waals surface area contributed by atoms with Crippen LogP contribution in [0, 0.1) is 22.7 Å². The van der Waals surface area contributed by atoms with Crippen molar-refractivity contribution in [3.05, 3.63) is 169 Å². The van der Waals surface area contributed by atoms with Gasteiger partial charge in [0, 0.05) is 48.2 Å². The number of carbonyl (C=O) groups is 8. The van der Waals surface area contributed by atoms with Gasteiger partial charge in [0.15, 0.2) is 24.4 Å². The fourth-order valence-electron chi connectivity index (χ4n) is 9.88. The molecule has 0 bridgehead atoms. The summed E-state index contributed by atoms with van der Waals surface area (Å²) in [7, 11) is 0. The summed E-state index contributed by atoms with van der Waals surface area (Å²) in [4.78, 5) is 98.7. The highest BCUT2D eigenvalue weighted by Crippen LogP contribution is 2.34. The van der Waals surface area contributed by atoms with Gasteiger partial charge < -0.3 is 67.5 Å². The molecule has 4 aromatic carbocycles. The Morgan fingerprint density at radius 3 is 0.902 bits per heavy atom. The first-order valence-electron chi connectivity index (χ1n) is 34.4. The highest BCUT2D eigenvalue weighted by atomic mass is 16.6. The molecule has 22 heteroatoms. The molecule has 560 valence electrons. The van der Waals surface area contributed by atoms with Gasteiger partial charge in [0.1, 0.15) is 75.9 Å². The van der Waals surface area contributed by atoms with Crippen molar-refractivity contribution in [1.29, 1.82) is 0 Å². The molecule has 0 saturated heterocycles. The molecule has 2 amide bonds. The van der Waals surface area contributed by atoms with E-state index in [4.69, 9.17) is 56.8 Å². The molecule has 0 radical (unpaired) electrons. The Bertz CT molecular complexity index is 3290. The molecule has 0 aliphatic carbocycles. The molecular weight excluding hydrogens is 1310 g/mol. The van der Waals surface area contributed by atoms with Crippen molar-refractivity contribution in [3.8, 4) is 23.0 Å². The van der Waals surface area contributed by atoms with E-state index in [9.17, 15) is 38.4 Å². The van der Waals surface area contributed by atoms with E-state index in [1.54, 1.807) is 50.2 Å². The van der Waals surface area contributed by atoms with Crippen LogP contribution in [0.3, 0.4) is 0 Å². The standard InChI is InChI=1S/C42H59NO10.C38H51NO10/c1-29(2)38(45)50-27-35(25-49-34-18-16-32(17-19-34)41(6,7)8)52-37(44)20-22-42(9,10)24-31(5)21-23-43-40(47)53-36(28-51-39(46)30(3)4)26-48-33-14-12-11-13-15-33;1-27(2)35(41)46-25-32(23-44-30-14-10-8-11-15-30)48-34(40)18-20-38(6,7)22-29(5)19-21-39-37(43)49-33(26-47-36(42)28(3)4)24-45-31-16-12-9-13-17-31/h11-19,31,35-36H,1,3,20-28H2,2,4-10H3,(H,43,47);8-17,29,32-33H,1,3,18-26H2,2,4-7H3,(H,39,43). The summed E-state index contributed by atoms with van der Waals surface area (Å²) in [5, 5.41) is 5.53. The van der Waals surface area contributed by atoms with E-state index in [1.165, 1.54) is 13.8 Å². The molecule has 0 saturated carbocycles. The molecular formula is C80H110N2O20. The summed E-state index contributed by atoms with van der Waals surface area (Å²) in [5.74, 6) is -0.316. The molecule has 0 aliphatic heterocycles. The van der Waals surface area contributed by atoms with Gasteiger partial charge in [0.25, 0.3) is 0 Å². The number of rotatable bonds is 44. The number of carbonyl (C=O) groups excluding carboxylic acids is 8. The van der Waals surface area contributed by atoms with Crippen molar-refractivity contribution in [2.75, 3.05) is 65.9 Å². The molecule has 4 rings (SSSR count). The van der Waals surface area contributed by atoms with Gasteiger partial charge in [-0.15, -0.1) is 0 Å². The molecule has 0 aliphatic rings. The third-order valence-corrected chi connectivity index (χ3v) is 15.5. The highest BCUT2D eigenvalue weighted by Gasteiger charge is 2.29. The molecule has 0 spiro atoms. The molecule has 6 atom stereocenters. The topological polar surface area (TPSA) is 271 Å². The van der Waals surface area contributed by atoms with Crippen molar-refractivity contribution in [1.82, 2.24) is 10.6 Å². The monoisotopic (exact) mass is 1420 g/mol. The number of benzene rings is 4. The Hall–Kier alpha value is -9.60. The number of para-hydroxylation sites is 3. The maximum absolute atomic E-state index is 13.0. The minimum absolute atomic E-state index is 0.00204. The molecule has 6 unspecified atom stereocenters. The number of alkyl carbamates (subject to hydrolysis) is 2. The third kappa shape index (κ3) is 38.8. The lowest BCUT2D eigenvalue weighted by Crippen LogP contribution is -2.36. The molecule has 2 N–H and O–H groups in total. The summed E-state index contributed by atoms with van der Waals surface area (Å²) in [5.41, 5.74) is 1.71. The van der Waals surface area contributed by atoms with Gasteiger partial charge in [-0.2, -0.15) is 0 Å². The maximum Gasteiger partial charge on any atom is 0.407 e. The van der Waals surface area contributed by atoms with Crippen molar-refractivity contribution >= 4 is 48.0 Å². The number of hydrogen-bond donors (Lipinski definition) is 2. The van der Waals surface area contributed by atoms with Crippen LogP contribution in [-0.2, 0) is 72.1 Å². The number of hydrogen-bond acceptors (Lipinski definition) is 20. The van der Waals surface area contributed by atoms with Gasteiger partial charge in [0.2, 0.25) is 0 Å². The van der Waals surface area contributed by atoms with Crippen LogP contribution in [0.1, 0.15) is 147 Å². The predicted octanol–water partition coefficient (Wildman–Crippen LogP) is 14.5. The number of esters is 6. The Morgan fingerprint density at radius 1 is 0.373 bits per heavy atom. The van der Waals surface area contributed by atoms with E-state index < -0.39 is 72.4 Å². The van der Waals surface area contributed by atoms with Gasteiger partial charge >= 0.3 is 48.0 Å². The van der Waals surface area contributed by atoms with Gasteiger partial charge in [-0.05, 0) is 148 Å². The first kappa shape index (κ1) is 86.6. The zero-order valence-corrected chi connectivity index (χ0v) is 62.2. The normalized spacial score (nSPS) is 12.9. The SMILES string of the molecule is C=C(C)C(=O)OCC(COc1ccc(C(C)(C)C)cc1)OC(=O)CCC(C)(C)CC(C)CCNC(=O)OC(COC(=O)C(=C)C)COc1ccccc1.C=C(C)C(=O)OCC(COc1ccccc1)OC(=O)CCC(C)(C)CC(C)CCNC(=O)OC(COC(=O)C(=C)C)COc1ccccc1. The van der Waals surface area contributed by atoms with E-state index in [1.807, 2.05) is 78.9 Å². The van der Waals surface area contributed by atoms with Crippen molar-refractivity contribution in [3.63, 3.8) is 0 Å². The van der Waals surface area contributed by atoms with E-state index in [0.717, 1.165) is 18.4 Å². The second-order valence-electron chi connectivity index (χ2n) is 28.1. The van der Waals surface area contributed by atoms with Gasteiger partial charge in [-0.1, -0.05) is 155 Å². The van der Waals surface area contributed by atoms with Crippen molar-refractivity contribution < 1.29 is 95.2 Å². The van der Waals surface area contributed by atoms with E-state index in [0.29, 0.717) is 61.8 Å². The number of amides is 2. The summed E-state index contributed by atoms with van der Waals surface area (Å²) in [6.45, 7) is 39.4. The van der Waals surface area contributed by atoms with Crippen LogP contribution < -0.4 is 29.6 Å². The van der Waals surface area contributed by atoms with E-state index >= 15 is 0 Å². The minimum atomic E-state index is -0.834. The summed E-state index contributed by atoms with van der Waals surface area (Å²) in [6, 6.07) is 34.9. The van der Waals surface area contributed by atoms with Gasteiger partial charge in [0.05, 0.1) is 0 Å². The van der Waals surface area contributed by atoms with Crippen molar-refractivity contribution in [2.45, 2.75) is 171 Å². The lowest BCUT2D eigenvalue weighted by atomic mass is 9.79. The Balaban J connectivity index is 0.000000532. The first-order chi connectivity index (χ1) is 48.1. The number of ether oxygens (including phenoxy) is 12. The van der Waals surface area contributed by atoms with Crippen LogP contribution in [0.4, 0.5) is 9.59 Å². The van der Waals surface area contributed by atoms with Crippen LogP contribution in [0.15, 0.2) is 164 Å². The second kappa shape index (κ2) is 45.3. The molecule has 4 aromatic rings. The summed E-state index contributed by atoms with van der Waals surface area (Å²) >= 11 is 0. The lowest BCUT2D eigenvalue weighted by Gasteiger charge is -2.28. The quantitative estimate of drug-likeness (QED) is 0.0237. The molecule has 0 fully saturated rings. The zero-order chi connectivity index (χ0) is 75.8. The molecule has 22 nitrogen and oxygen atoms in total. The lowest BCUT2D eigenvalue weighted by molar-refractivity contribution is -0.159. The average molecular weight is 1420 g/mol. The minimum Gasteiger partial charge on any atom is -0.490 e. The number of nitrogens with one attached hydrogen (secondary N) is 2. The smallest absolute Gasteiger partial charge is 0.407 e.